The number of hydrogen-bond donors (Lipinski definition) is 2. The average Bonchev–Trinajstić information content (AvgIpc) is 2.55. The van der Waals surface area contributed by atoms with Crippen LogP contribution in [0, 0.1) is 5.92 Å². The molecule has 0 radical (unpaired) electrons. The molecule has 1 rings (SSSR count). The van der Waals surface area contributed by atoms with E-state index in [2.05, 4.69) is 5.32 Å². The van der Waals surface area contributed by atoms with Crippen LogP contribution < -0.4 is 11.1 Å². The highest BCUT2D eigenvalue weighted by atomic mass is 16.5. The number of ether oxygens (including phenoxy) is 2. The first-order valence-corrected chi connectivity index (χ1v) is 8.06. The van der Waals surface area contributed by atoms with Gasteiger partial charge in [0.2, 0.25) is 5.91 Å². The van der Waals surface area contributed by atoms with E-state index in [0.717, 1.165) is 12.8 Å². The van der Waals surface area contributed by atoms with E-state index < -0.39 is 6.10 Å². The van der Waals surface area contributed by atoms with E-state index >= 15 is 0 Å². The molecule has 7 nitrogen and oxygen atoms in total. The molecular formula is C15H29N3O4. The lowest BCUT2D eigenvalue weighted by Gasteiger charge is -2.33. The van der Waals surface area contributed by atoms with E-state index in [9.17, 15) is 9.59 Å². The molecule has 0 aromatic rings. The van der Waals surface area contributed by atoms with Gasteiger partial charge in [-0.2, -0.15) is 0 Å². The number of amides is 2. The van der Waals surface area contributed by atoms with Crippen LogP contribution in [0.5, 0.6) is 0 Å². The van der Waals surface area contributed by atoms with Gasteiger partial charge in [-0.1, -0.05) is 0 Å². The zero-order valence-corrected chi connectivity index (χ0v) is 13.7. The molecule has 2 atom stereocenters. The molecule has 2 unspecified atom stereocenters. The van der Waals surface area contributed by atoms with Crippen LogP contribution in [0.2, 0.25) is 0 Å². The quantitative estimate of drug-likeness (QED) is 0.572. The molecule has 0 spiro atoms. The van der Waals surface area contributed by atoms with Gasteiger partial charge in [0.05, 0.1) is 19.1 Å². The first-order valence-electron chi connectivity index (χ1n) is 8.06. The highest BCUT2D eigenvalue weighted by Crippen LogP contribution is 2.18. The molecule has 1 fully saturated rings. The second-order valence-corrected chi connectivity index (χ2v) is 5.41. The Bertz CT molecular complexity index is 352. The molecule has 2 amide bonds. The molecular weight excluding hydrogens is 286 g/mol. The predicted octanol–water partition coefficient (Wildman–Crippen LogP) is -0.258. The molecule has 0 aromatic carbocycles. The van der Waals surface area contributed by atoms with Gasteiger partial charge in [-0.05, 0) is 26.7 Å². The standard InChI is InChI=1S/C15H29N3O4/c1-3-21-9-10-22-12(2)15(20)18-8-4-5-13(11-18)14(19)17-7-6-16/h12-13H,3-11,16H2,1-2H3,(H,17,19). The SMILES string of the molecule is CCOCCOC(C)C(=O)N1CCCC(C(=O)NCCN)C1. The lowest BCUT2D eigenvalue weighted by molar-refractivity contribution is -0.146. The molecule has 1 saturated heterocycles. The third kappa shape index (κ3) is 6.29. The third-order valence-electron chi connectivity index (χ3n) is 3.69. The molecule has 0 saturated carbocycles. The Labute approximate surface area is 132 Å². The van der Waals surface area contributed by atoms with Crippen molar-refractivity contribution in [2.75, 3.05) is 46.0 Å². The van der Waals surface area contributed by atoms with Crippen molar-refractivity contribution in [2.24, 2.45) is 11.7 Å². The van der Waals surface area contributed by atoms with Crippen LogP contribution in [-0.2, 0) is 19.1 Å². The Morgan fingerprint density at radius 2 is 2.18 bits per heavy atom. The molecule has 128 valence electrons. The van der Waals surface area contributed by atoms with Crippen molar-refractivity contribution in [1.82, 2.24) is 10.2 Å². The van der Waals surface area contributed by atoms with Gasteiger partial charge in [0.25, 0.3) is 5.91 Å². The van der Waals surface area contributed by atoms with Crippen LogP contribution >= 0.6 is 0 Å². The molecule has 3 N–H and O–H groups in total. The van der Waals surface area contributed by atoms with Crippen LogP contribution in [0.4, 0.5) is 0 Å². The first kappa shape index (κ1) is 18.9. The van der Waals surface area contributed by atoms with Crippen molar-refractivity contribution in [2.45, 2.75) is 32.8 Å². The number of hydrogen-bond acceptors (Lipinski definition) is 5. The van der Waals surface area contributed by atoms with Crippen LogP contribution in [0.25, 0.3) is 0 Å². The van der Waals surface area contributed by atoms with E-state index in [1.165, 1.54) is 0 Å². The summed E-state index contributed by atoms with van der Waals surface area (Å²) in [6, 6.07) is 0. The highest BCUT2D eigenvalue weighted by Gasteiger charge is 2.30. The largest absolute Gasteiger partial charge is 0.379 e. The van der Waals surface area contributed by atoms with Crippen molar-refractivity contribution in [1.29, 1.82) is 0 Å². The molecule has 0 aliphatic carbocycles. The van der Waals surface area contributed by atoms with E-state index in [0.29, 0.717) is 46.0 Å². The summed E-state index contributed by atoms with van der Waals surface area (Å²) in [6.45, 7) is 7.20. The topological polar surface area (TPSA) is 93.9 Å². The fourth-order valence-electron chi connectivity index (χ4n) is 2.49. The number of carbonyl (C=O) groups excluding carboxylic acids is 2. The Hall–Kier alpha value is -1.18. The molecule has 0 bridgehead atoms. The van der Waals surface area contributed by atoms with Gasteiger partial charge in [-0.15, -0.1) is 0 Å². The summed E-state index contributed by atoms with van der Waals surface area (Å²) in [7, 11) is 0. The molecule has 1 aliphatic rings. The smallest absolute Gasteiger partial charge is 0.251 e. The van der Waals surface area contributed by atoms with Gasteiger partial charge >= 0.3 is 0 Å². The van der Waals surface area contributed by atoms with Gasteiger partial charge in [-0.3, -0.25) is 9.59 Å². The summed E-state index contributed by atoms with van der Waals surface area (Å²) >= 11 is 0. The van der Waals surface area contributed by atoms with Gasteiger partial charge in [0.15, 0.2) is 0 Å². The summed E-state index contributed by atoms with van der Waals surface area (Å²) < 4.78 is 10.7. The zero-order valence-electron chi connectivity index (χ0n) is 13.7. The highest BCUT2D eigenvalue weighted by molar-refractivity contribution is 5.83. The maximum absolute atomic E-state index is 12.4. The minimum atomic E-state index is -0.508. The molecule has 7 heteroatoms. The van der Waals surface area contributed by atoms with Crippen molar-refractivity contribution in [3.05, 3.63) is 0 Å². The van der Waals surface area contributed by atoms with Crippen molar-refractivity contribution in [3.8, 4) is 0 Å². The number of nitrogens with one attached hydrogen (secondary N) is 1. The van der Waals surface area contributed by atoms with Gasteiger partial charge in [-0.25, -0.2) is 0 Å². The minimum absolute atomic E-state index is 0.0205. The Morgan fingerprint density at radius 3 is 2.86 bits per heavy atom. The summed E-state index contributed by atoms with van der Waals surface area (Å²) in [6.07, 6.45) is 1.13. The third-order valence-corrected chi connectivity index (χ3v) is 3.69. The van der Waals surface area contributed by atoms with Crippen LogP contribution in [0.15, 0.2) is 0 Å². The van der Waals surface area contributed by atoms with Gasteiger partial charge < -0.3 is 25.4 Å². The molecule has 0 aromatic heterocycles. The summed E-state index contributed by atoms with van der Waals surface area (Å²) in [5.74, 6) is -0.236. The van der Waals surface area contributed by atoms with Crippen molar-refractivity contribution >= 4 is 11.8 Å². The van der Waals surface area contributed by atoms with Crippen molar-refractivity contribution in [3.63, 3.8) is 0 Å². The number of carbonyl (C=O) groups is 2. The van der Waals surface area contributed by atoms with Gasteiger partial charge in [0, 0.05) is 32.8 Å². The van der Waals surface area contributed by atoms with E-state index in [4.69, 9.17) is 15.2 Å². The summed E-state index contributed by atoms with van der Waals surface area (Å²) in [5, 5.41) is 2.79. The monoisotopic (exact) mass is 315 g/mol. The lowest BCUT2D eigenvalue weighted by atomic mass is 9.96. The normalized spacial score (nSPS) is 19.8. The number of rotatable bonds is 9. The Kier molecular flexibility index (Phi) is 9.03. The van der Waals surface area contributed by atoms with Crippen LogP contribution in [0.3, 0.4) is 0 Å². The van der Waals surface area contributed by atoms with Crippen LogP contribution in [-0.4, -0.2) is 68.8 Å². The molecule has 1 heterocycles. The number of piperidine rings is 1. The lowest BCUT2D eigenvalue weighted by Crippen LogP contribution is -2.49. The summed E-state index contributed by atoms with van der Waals surface area (Å²) in [4.78, 5) is 26.1. The second-order valence-electron chi connectivity index (χ2n) is 5.41. The second kappa shape index (κ2) is 10.5. The fourth-order valence-corrected chi connectivity index (χ4v) is 2.49. The maximum atomic E-state index is 12.4. The predicted molar refractivity (Wildman–Crippen MR) is 83.3 cm³/mol. The Morgan fingerprint density at radius 1 is 1.41 bits per heavy atom. The first-order chi connectivity index (χ1) is 10.6. The fraction of sp³-hybridized carbons (Fsp3) is 0.867. The summed E-state index contributed by atoms with van der Waals surface area (Å²) in [5.41, 5.74) is 5.38. The Balaban J connectivity index is 2.39. The minimum Gasteiger partial charge on any atom is -0.379 e. The zero-order chi connectivity index (χ0) is 16.4. The average molecular weight is 315 g/mol. The molecule has 1 aliphatic heterocycles. The van der Waals surface area contributed by atoms with E-state index in [1.54, 1.807) is 11.8 Å². The van der Waals surface area contributed by atoms with E-state index in [-0.39, 0.29) is 17.7 Å². The molecule has 22 heavy (non-hydrogen) atoms. The number of nitrogens with zero attached hydrogens (tertiary/aromatic N) is 1. The van der Waals surface area contributed by atoms with Crippen molar-refractivity contribution < 1.29 is 19.1 Å². The van der Waals surface area contributed by atoms with Crippen LogP contribution in [0.1, 0.15) is 26.7 Å². The van der Waals surface area contributed by atoms with E-state index in [1.807, 2.05) is 6.92 Å². The van der Waals surface area contributed by atoms with Gasteiger partial charge in [0.1, 0.15) is 6.10 Å². The number of likely N-dealkylation sites (tertiary alicyclic amines) is 1. The maximum Gasteiger partial charge on any atom is 0.251 e. The number of nitrogens with two attached hydrogens (primary N) is 1.